The summed E-state index contributed by atoms with van der Waals surface area (Å²) < 4.78 is 1.91. The molecule has 0 bridgehead atoms. The Morgan fingerprint density at radius 1 is 1.13 bits per heavy atom. The number of rotatable bonds is 5. The minimum atomic E-state index is 0. The summed E-state index contributed by atoms with van der Waals surface area (Å²) in [6.07, 6.45) is 0. The fourth-order valence-electron chi connectivity index (χ4n) is 3.85. The molecule has 1 saturated heterocycles. The standard InChI is InChI=1S/C21H29N7.2ClH/c1-5-26(6-2)18-13-19(27-12-11-22-16(4)14-27)28-21(23-18)24-20(25-28)17-10-8-7-9-15(17)3;;/h7-10,13,16,22H,5-6,11-12,14H2,1-4H3;2*1H. The van der Waals surface area contributed by atoms with Crippen molar-refractivity contribution >= 4 is 42.2 Å². The average molecular weight is 452 g/mol. The van der Waals surface area contributed by atoms with Crippen LogP contribution in [0.3, 0.4) is 0 Å². The molecular weight excluding hydrogens is 421 g/mol. The number of benzene rings is 1. The van der Waals surface area contributed by atoms with E-state index in [1.807, 2.05) is 16.6 Å². The Kier molecular flexibility index (Phi) is 8.29. The Hall–Kier alpha value is -2.09. The maximum atomic E-state index is 4.86. The van der Waals surface area contributed by atoms with E-state index in [0.29, 0.717) is 11.8 Å². The van der Waals surface area contributed by atoms with Crippen LogP contribution in [-0.4, -0.2) is 58.3 Å². The maximum Gasteiger partial charge on any atom is 0.256 e. The molecule has 1 N–H and O–H groups in total. The summed E-state index contributed by atoms with van der Waals surface area (Å²) in [5.41, 5.74) is 2.22. The van der Waals surface area contributed by atoms with E-state index in [4.69, 9.17) is 15.1 Å². The lowest BCUT2D eigenvalue weighted by Crippen LogP contribution is -2.50. The van der Waals surface area contributed by atoms with Gasteiger partial charge in [-0.2, -0.15) is 14.5 Å². The lowest BCUT2D eigenvalue weighted by atomic mass is 10.1. The van der Waals surface area contributed by atoms with Crippen LogP contribution in [0.1, 0.15) is 26.3 Å². The molecule has 1 atom stereocenters. The summed E-state index contributed by atoms with van der Waals surface area (Å²) in [5, 5.41) is 8.37. The lowest BCUT2D eigenvalue weighted by molar-refractivity contribution is 0.480. The van der Waals surface area contributed by atoms with Crippen molar-refractivity contribution in [3.05, 3.63) is 35.9 Å². The zero-order chi connectivity index (χ0) is 19.7. The number of nitrogens with one attached hydrogen (secondary N) is 1. The van der Waals surface area contributed by atoms with Crippen LogP contribution in [0.25, 0.3) is 17.2 Å². The zero-order valence-electron chi connectivity index (χ0n) is 18.0. The number of halogens is 2. The van der Waals surface area contributed by atoms with E-state index in [1.165, 1.54) is 5.56 Å². The fraction of sp³-hybridized carbons (Fsp3) is 0.476. The van der Waals surface area contributed by atoms with Crippen LogP contribution in [0.15, 0.2) is 30.3 Å². The van der Waals surface area contributed by atoms with Crippen LogP contribution in [0.5, 0.6) is 0 Å². The second-order valence-electron chi connectivity index (χ2n) is 7.41. The summed E-state index contributed by atoms with van der Waals surface area (Å²) >= 11 is 0. The molecule has 1 aliphatic rings. The first-order chi connectivity index (χ1) is 13.6. The van der Waals surface area contributed by atoms with Crippen molar-refractivity contribution in [2.75, 3.05) is 42.5 Å². The highest BCUT2D eigenvalue weighted by atomic mass is 35.5. The van der Waals surface area contributed by atoms with Gasteiger partial charge in [0.15, 0.2) is 5.82 Å². The molecule has 7 nitrogen and oxygen atoms in total. The number of piperazine rings is 1. The average Bonchev–Trinajstić information content (AvgIpc) is 3.12. The Morgan fingerprint density at radius 2 is 1.87 bits per heavy atom. The molecule has 0 amide bonds. The highest BCUT2D eigenvalue weighted by Crippen LogP contribution is 2.26. The van der Waals surface area contributed by atoms with E-state index >= 15 is 0 Å². The Balaban J connectivity index is 0.00000160. The van der Waals surface area contributed by atoms with Gasteiger partial charge in [0.1, 0.15) is 11.6 Å². The van der Waals surface area contributed by atoms with Crippen molar-refractivity contribution in [2.45, 2.75) is 33.7 Å². The number of nitrogens with zero attached hydrogens (tertiary/aromatic N) is 6. The minimum absolute atomic E-state index is 0. The molecule has 1 aromatic carbocycles. The molecule has 9 heteroatoms. The van der Waals surface area contributed by atoms with E-state index < -0.39 is 0 Å². The van der Waals surface area contributed by atoms with Crippen LogP contribution in [-0.2, 0) is 0 Å². The molecule has 4 rings (SSSR count). The van der Waals surface area contributed by atoms with Crippen molar-refractivity contribution in [2.24, 2.45) is 0 Å². The summed E-state index contributed by atoms with van der Waals surface area (Å²) in [6.45, 7) is 13.3. The lowest BCUT2D eigenvalue weighted by Gasteiger charge is -2.34. The topological polar surface area (TPSA) is 61.6 Å². The third kappa shape index (κ3) is 4.63. The van der Waals surface area contributed by atoms with E-state index in [0.717, 1.165) is 55.7 Å². The van der Waals surface area contributed by atoms with Gasteiger partial charge in [0.2, 0.25) is 0 Å². The first-order valence-corrected chi connectivity index (χ1v) is 10.2. The Bertz CT molecular complexity index is 971. The molecule has 164 valence electrons. The van der Waals surface area contributed by atoms with E-state index in [2.05, 4.69) is 61.0 Å². The van der Waals surface area contributed by atoms with Crippen LogP contribution in [0.4, 0.5) is 11.6 Å². The first kappa shape index (κ1) is 24.2. The van der Waals surface area contributed by atoms with Gasteiger partial charge < -0.3 is 15.1 Å². The van der Waals surface area contributed by atoms with Crippen LogP contribution in [0.2, 0.25) is 0 Å². The van der Waals surface area contributed by atoms with Gasteiger partial charge in [0, 0.05) is 50.4 Å². The largest absolute Gasteiger partial charge is 0.357 e. The van der Waals surface area contributed by atoms with Crippen LogP contribution in [0, 0.1) is 6.92 Å². The molecule has 3 aromatic rings. The number of hydrogen-bond donors (Lipinski definition) is 1. The highest BCUT2D eigenvalue weighted by molar-refractivity contribution is 5.85. The first-order valence-electron chi connectivity index (χ1n) is 10.2. The van der Waals surface area contributed by atoms with E-state index in [-0.39, 0.29) is 24.8 Å². The SMILES string of the molecule is CCN(CC)c1cc(N2CCNC(C)C2)n2nc(-c3ccccc3C)nc2n1.Cl.Cl. The zero-order valence-corrected chi connectivity index (χ0v) is 19.6. The number of anilines is 2. The summed E-state index contributed by atoms with van der Waals surface area (Å²) in [4.78, 5) is 14.3. The van der Waals surface area contributed by atoms with Crippen molar-refractivity contribution in [3.8, 4) is 11.4 Å². The third-order valence-corrected chi connectivity index (χ3v) is 5.45. The number of hydrogen-bond acceptors (Lipinski definition) is 6. The fourth-order valence-corrected chi connectivity index (χ4v) is 3.85. The van der Waals surface area contributed by atoms with Gasteiger partial charge in [-0.3, -0.25) is 0 Å². The molecule has 2 aromatic heterocycles. The van der Waals surface area contributed by atoms with Gasteiger partial charge in [-0.15, -0.1) is 29.9 Å². The van der Waals surface area contributed by atoms with Crippen molar-refractivity contribution < 1.29 is 0 Å². The number of aromatic nitrogens is 4. The molecule has 0 aliphatic carbocycles. The molecule has 0 radical (unpaired) electrons. The van der Waals surface area contributed by atoms with E-state index in [1.54, 1.807) is 0 Å². The van der Waals surface area contributed by atoms with Gasteiger partial charge >= 0.3 is 0 Å². The van der Waals surface area contributed by atoms with Gasteiger partial charge in [-0.05, 0) is 33.3 Å². The molecule has 0 spiro atoms. The monoisotopic (exact) mass is 451 g/mol. The number of fused-ring (bicyclic) bond motifs is 1. The summed E-state index contributed by atoms with van der Waals surface area (Å²) in [7, 11) is 0. The van der Waals surface area contributed by atoms with Gasteiger partial charge in [0.05, 0.1) is 0 Å². The number of aryl methyl sites for hydroxylation is 1. The summed E-state index contributed by atoms with van der Waals surface area (Å²) in [6, 6.07) is 10.8. The molecule has 30 heavy (non-hydrogen) atoms. The second kappa shape index (κ2) is 10.3. The molecule has 1 unspecified atom stereocenters. The maximum absolute atomic E-state index is 4.86. The van der Waals surface area contributed by atoms with E-state index in [9.17, 15) is 0 Å². The van der Waals surface area contributed by atoms with Crippen molar-refractivity contribution in [1.82, 2.24) is 24.9 Å². The highest BCUT2D eigenvalue weighted by Gasteiger charge is 2.22. The predicted octanol–water partition coefficient (Wildman–Crippen LogP) is 3.59. The normalized spacial score (nSPS) is 16.1. The summed E-state index contributed by atoms with van der Waals surface area (Å²) in [5.74, 6) is 3.41. The van der Waals surface area contributed by atoms with Crippen molar-refractivity contribution in [1.29, 1.82) is 0 Å². The molecule has 1 fully saturated rings. The molecule has 0 saturated carbocycles. The van der Waals surface area contributed by atoms with Crippen LogP contribution < -0.4 is 15.1 Å². The smallest absolute Gasteiger partial charge is 0.256 e. The molecule has 3 heterocycles. The molecular formula is C21H31Cl2N7. The van der Waals surface area contributed by atoms with Crippen LogP contribution >= 0.6 is 24.8 Å². The molecule has 1 aliphatic heterocycles. The minimum Gasteiger partial charge on any atom is -0.357 e. The van der Waals surface area contributed by atoms with Gasteiger partial charge in [-0.25, -0.2) is 0 Å². The van der Waals surface area contributed by atoms with Gasteiger partial charge in [0.25, 0.3) is 5.78 Å². The van der Waals surface area contributed by atoms with Gasteiger partial charge in [-0.1, -0.05) is 24.3 Å². The Labute approximate surface area is 190 Å². The Morgan fingerprint density at radius 3 is 2.53 bits per heavy atom. The second-order valence-corrected chi connectivity index (χ2v) is 7.41. The third-order valence-electron chi connectivity index (χ3n) is 5.45. The quantitative estimate of drug-likeness (QED) is 0.639. The van der Waals surface area contributed by atoms with Crippen molar-refractivity contribution in [3.63, 3.8) is 0 Å². The predicted molar refractivity (Wildman–Crippen MR) is 129 cm³/mol.